The molecule has 0 spiro atoms. The molecular weight excluding hydrogens is 239 g/mol. The Labute approximate surface area is 116 Å². The molecule has 0 heterocycles. The van der Waals surface area contributed by atoms with Gasteiger partial charge in [0.25, 0.3) is 0 Å². The van der Waals surface area contributed by atoms with E-state index in [9.17, 15) is 0 Å². The van der Waals surface area contributed by atoms with Crippen molar-refractivity contribution >= 4 is 12.6 Å². The molecular formula is C15H25BO3. The third kappa shape index (κ3) is 6.23. The van der Waals surface area contributed by atoms with Crippen LogP contribution >= 0.6 is 0 Å². The van der Waals surface area contributed by atoms with Crippen LogP contribution in [0.5, 0.6) is 0 Å². The average Bonchev–Trinajstić information content (AvgIpc) is 2.43. The number of hydrogen-bond donors (Lipinski definition) is 2. The molecule has 19 heavy (non-hydrogen) atoms. The second-order valence-electron chi connectivity index (χ2n) is 5.05. The van der Waals surface area contributed by atoms with Crippen molar-refractivity contribution in [2.75, 3.05) is 6.61 Å². The van der Waals surface area contributed by atoms with Crippen molar-refractivity contribution in [2.24, 2.45) is 5.92 Å². The monoisotopic (exact) mass is 264 g/mol. The van der Waals surface area contributed by atoms with Crippen molar-refractivity contribution in [2.45, 2.75) is 46.1 Å². The molecule has 4 heteroatoms. The summed E-state index contributed by atoms with van der Waals surface area (Å²) >= 11 is 0. The van der Waals surface area contributed by atoms with Gasteiger partial charge in [-0.1, -0.05) is 57.4 Å². The fourth-order valence-electron chi connectivity index (χ4n) is 2.03. The summed E-state index contributed by atoms with van der Waals surface area (Å²) in [6, 6.07) is 7.19. The van der Waals surface area contributed by atoms with Gasteiger partial charge in [-0.3, -0.25) is 0 Å². The van der Waals surface area contributed by atoms with E-state index in [-0.39, 0.29) is 0 Å². The second kappa shape index (κ2) is 9.13. The first-order valence-electron chi connectivity index (χ1n) is 7.20. The molecule has 0 aliphatic heterocycles. The smallest absolute Gasteiger partial charge is 0.423 e. The van der Waals surface area contributed by atoms with Gasteiger partial charge in [-0.15, -0.1) is 0 Å². The van der Waals surface area contributed by atoms with Crippen molar-refractivity contribution in [3.8, 4) is 0 Å². The Kier molecular flexibility index (Phi) is 7.79. The molecule has 106 valence electrons. The quantitative estimate of drug-likeness (QED) is 0.671. The molecule has 0 aromatic heterocycles. The topological polar surface area (TPSA) is 49.7 Å². The normalized spacial score (nSPS) is 12.4. The number of benzene rings is 1. The average molecular weight is 264 g/mol. The standard InChI is InChI=1S/C15H25BO3/c1-3-5-6-13(4-2)11-19-12-14-7-9-15(10-8-14)16(17)18/h7-10,13,17-18H,3-6,11-12H2,1-2H3. The zero-order valence-corrected chi connectivity index (χ0v) is 12.0. The van der Waals surface area contributed by atoms with Crippen molar-refractivity contribution in [3.05, 3.63) is 29.8 Å². The molecule has 0 saturated carbocycles. The summed E-state index contributed by atoms with van der Waals surface area (Å²) in [5.41, 5.74) is 1.58. The fourth-order valence-corrected chi connectivity index (χ4v) is 2.03. The van der Waals surface area contributed by atoms with Crippen molar-refractivity contribution < 1.29 is 14.8 Å². The molecule has 0 aliphatic rings. The number of hydrogen-bond acceptors (Lipinski definition) is 3. The van der Waals surface area contributed by atoms with Crippen molar-refractivity contribution in [3.63, 3.8) is 0 Å². The molecule has 0 saturated heterocycles. The molecule has 0 amide bonds. The van der Waals surface area contributed by atoms with Gasteiger partial charge in [0.1, 0.15) is 0 Å². The number of rotatable bonds is 9. The van der Waals surface area contributed by atoms with E-state index < -0.39 is 7.12 Å². The van der Waals surface area contributed by atoms with Crippen LogP contribution in [0.25, 0.3) is 0 Å². The van der Waals surface area contributed by atoms with Crippen LogP contribution in [-0.4, -0.2) is 23.8 Å². The van der Waals surface area contributed by atoms with E-state index in [0.717, 1.165) is 18.6 Å². The zero-order valence-electron chi connectivity index (χ0n) is 12.0. The van der Waals surface area contributed by atoms with Crippen LogP contribution < -0.4 is 5.46 Å². The second-order valence-corrected chi connectivity index (χ2v) is 5.05. The van der Waals surface area contributed by atoms with Gasteiger partial charge >= 0.3 is 7.12 Å². The van der Waals surface area contributed by atoms with Crippen LogP contribution in [0.3, 0.4) is 0 Å². The minimum atomic E-state index is -1.39. The predicted octanol–water partition coefficient (Wildman–Crippen LogP) is 2.10. The highest BCUT2D eigenvalue weighted by Gasteiger charge is 2.10. The predicted molar refractivity (Wildman–Crippen MR) is 79.2 cm³/mol. The maximum Gasteiger partial charge on any atom is 0.488 e. The van der Waals surface area contributed by atoms with Crippen molar-refractivity contribution in [1.82, 2.24) is 0 Å². The van der Waals surface area contributed by atoms with E-state index in [1.165, 1.54) is 19.3 Å². The Morgan fingerprint density at radius 3 is 2.37 bits per heavy atom. The summed E-state index contributed by atoms with van der Waals surface area (Å²) in [5, 5.41) is 18.0. The Balaban J connectivity index is 2.31. The summed E-state index contributed by atoms with van der Waals surface area (Å²) < 4.78 is 5.75. The van der Waals surface area contributed by atoms with Crippen LogP contribution in [0.2, 0.25) is 0 Å². The van der Waals surface area contributed by atoms with Crippen molar-refractivity contribution in [1.29, 1.82) is 0 Å². The third-order valence-electron chi connectivity index (χ3n) is 3.44. The van der Waals surface area contributed by atoms with E-state index in [1.807, 2.05) is 12.1 Å². The summed E-state index contributed by atoms with van der Waals surface area (Å²) in [5.74, 6) is 0.651. The van der Waals surface area contributed by atoms with Crippen LogP contribution in [0.4, 0.5) is 0 Å². The Hall–Kier alpha value is -0.835. The number of ether oxygens (including phenoxy) is 1. The van der Waals surface area contributed by atoms with E-state index in [0.29, 0.717) is 18.0 Å². The largest absolute Gasteiger partial charge is 0.488 e. The zero-order chi connectivity index (χ0) is 14.1. The minimum Gasteiger partial charge on any atom is -0.423 e. The molecule has 0 aliphatic carbocycles. The van der Waals surface area contributed by atoms with E-state index in [1.54, 1.807) is 12.1 Å². The van der Waals surface area contributed by atoms with Gasteiger partial charge in [0, 0.05) is 6.61 Å². The molecule has 0 radical (unpaired) electrons. The summed E-state index contributed by atoms with van der Waals surface area (Å²) in [7, 11) is -1.39. The Morgan fingerprint density at radius 2 is 1.84 bits per heavy atom. The van der Waals surface area contributed by atoms with Gasteiger partial charge in [0.05, 0.1) is 6.61 Å². The highest BCUT2D eigenvalue weighted by atomic mass is 16.5. The van der Waals surface area contributed by atoms with Gasteiger partial charge in [0.15, 0.2) is 0 Å². The molecule has 3 nitrogen and oxygen atoms in total. The highest BCUT2D eigenvalue weighted by Crippen LogP contribution is 2.13. The summed E-state index contributed by atoms with van der Waals surface area (Å²) in [4.78, 5) is 0. The number of unbranched alkanes of at least 4 members (excludes halogenated alkanes) is 1. The van der Waals surface area contributed by atoms with Crippen LogP contribution in [0.15, 0.2) is 24.3 Å². The lowest BCUT2D eigenvalue weighted by Gasteiger charge is -2.14. The van der Waals surface area contributed by atoms with Crippen LogP contribution in [0.1, 0.15) is 45.1 Å². The highest BCUT2D eigenvalue weighted by molar-refractivity contribution is 6.58. The molecule has 1 aromatic carbocycles. The molecule has 1 atom stereocenters. The minimum absolute atomic E-state index is 0.512. The lowest BCUT2D eigenvalue weighted by molar-refractivity contribution is 0.0820. The molecule has 1 rings (SSSR count). The Morgan fingerprint density at radius 1 is 1.16 bits per heavy atom. The van der Waals surface area contributed by atoms with E-state index >= 15 is 0 Å². The van der Waals surface area contributed by atoms with Crippen LogP contribution in [-0.2, 0) is 11.3 Å². The summed E-state index contributed by atoms with van der Waals surface area (Å²) in [6.45, 7) is 5.82. The molecule has 1 unspecified atom stereocenters. The Bertz CT molecular complexity index is 338. The fraction of sp³-hybridized carbons (Fsp3) is 0.600. The lowest BCUT2D eigenvalue weighted by atomic mass is 9.80. The van der Waals surface area contributed by atoms with Gasteiger partial charge in [-0.2, -0.15) is 0 Å². The summed E-state index contributed by atoms with van der Waals surface area (Å²) in [6.07, 6.45) is 4.91. The van der Waals surface area contributed by atoms with Gasteiger partial charge in [-0.25, -0.2) is 0 Å². The molecule has 1 aromatic rings. The molecule has 0 fully saturated rings. The van der Waals surface area contributed by atoms with Gasteiger partial charge in [-0.05, 0) is 23.4 Å². The SMILES string of the molecule is CCCCC(CC)COCc1ccc(B(O)O)cc1. The molecule has 2 N–H and O–H groups in total. The first-order valence-corrected chi connectivity index (χ1v) is 7.20. The van der Waals surface area contributed by atoms with Gasteiger partial charge in [0.2, 0.25) is 0 Å². The van der Waals surface area contributed by atoms with Gasteiger partial charge < -0.3 is 14.8 Å². The van der Waals surface area contributed by atoms with Crippen LogP contribution in [0, 0.1) is 5.92 Å². The third-order valence-corrected chi connectivity index (χ3v) is 3.44. The lowest BCUT2D eigenvalue weighted by Crippen LogP contribution is -2.29. The first kappa shape index (κ1) is 16.2. The van der Waals surface area contributed by atoms with E-state index in [2.05, 4.69) is 13.8 Å². The first-order chi connectivity index (χ1) is 9.17. The molecule has 0 bridgehead atoms. The maximum atomic E-state index is 9.00. The maximum absolute atomic E-state index is 9.00. The van der Waals surface area contributed by atoms with E-state index in [4.69, 9.17) is 14.8 Å².